The van der Waals surface area contributed by atoms with Crippen molar-refractivity contribution >= 4 is 40.5 Å². The van der Waals surface area contributed by atoms with Crippen LogP contribution in [-0.2, 0) is 0 Å². The molecule has 140 valence electrons. The van der Waals surface area contributed by atoms with Crippen LogP contribution in [0.5, 0.6) is 5.75 Å². The van der Waals surface area contributed by atoms with E-state index >= 15 is 0 Å². The number of nitrogens with one attached hydrogen (secondary N) is 1. The average Bonchev–Trinajstić information content (AvgIpc) is 2.95. The second-order valence-corrected chi connectivity index (χ2v) is 6.64. The number of aromatic carboxylic acids is 1. The summed E-state index contributed by atoms with van der Waals surface area (Å²) in [4.78, 5) is 11.6. The SMILES string of the molecule is COc1cccc(Nc2c(Cl)cc(-c3c(C)noc3C)cc2Cl)c1C(=O)O. The van der Waals surface area contributed by atoms with Crippen LogP contribution in [0.15, 0.2) is 34.9 Å². The molecule has 2 N–H and O–H groups in total. The summed E-state index contributed by atoms with van der Waals surface area (Å²) in [5, 5.41) is 17.1. The first kappa shape index (κ1) is 19.1. The van der Waals surface area contributed by atoms with Gasteiger partial charge in [-0.3, -0.25) is 0 Å². The molecule has 0 amide bonds. The van der Waals surface area contributed by atoms with Crippen LogP contribution in [0.1, 0.15) is 21.8 Å². The summed E-state index contributed by atoms with van der Waals surface area (Å²) in [6.45, 7) is 3.63. The number of methoxy groups -OCH3 is 1. The van der Waals surface area contributed by atoms with E-state index in [-0.39, 0.29) is 11.3 Å². The molecule has 0 aliphatic heterocycles. The summed E-state index contributed by atoms with van der Waals surface area (Å²) in [5.41, 5.74) is 3.00. The fraction of sp³-hybridized carbons (Fsp3) is 0.158. The molecule has 6 nitrogen and oxygen atoms in total. The second-order valence-electron chi connectivity index (χ2n) is 5.83. The molecule has 0 fully saturated rings. The van der Waals surface area contributed by atoms with Crippen LogP contribution in [0.3, 0.4) is 0 Å². The lowest BCUT2D eigenvalue weighted by Crippen LogP contribution is -2.06. The second kappa shape index (κ2) is 7.50. The largest absolute Gasteiger partial charge is 0.496 e. The van der Waals surface area contributed by atoms with E-state index in [9.17, 15) is 9.90 Å². The van der Waals surface area contributed by atoms with Crippen molar-refractivity contribution in [3.05, 3.63) is 57.4 Å². The Kier molecular flexibility index (Phi) is 5.30. The van der Waals surface area contributed by atoms with Gasteiger partial charge >= 0.3 is 5.97 Å². The Labute approximate surface area is 165 Å². The normalized spacial score (nSPS) is 10.7. The van der Waals surface area contributed by atoms with E-state index in [2.05, 4.69) is 10.5 Å². The third-order valence-corrected chi connectivity index (χ3v) is 4.68. The summed E-state index contributed by atoms with van der Waals surface area (Å²) < 4.78 is 10.3. The number of ether oxygens (including phenoxy) is 1. The highest BCUT2D eigenvalue weighted by Gasteiger charge is 2.20. The van der Waals surface area contributed by atoms with Gasteiger partial charge in [0.05, 0.1) is 34.2 Å². The van der Waals surface area contributed by atoms with Gasteiger partial charge in [-0.15, -0.1) is 0 Å². The number of aromatic nitrogens is 1. The molecule has 3 rings (SSSR count). The van der Waals surface area contributed by atoms with Gasteiger partial charge in [-0.1, -0.05) is 34.4 Å². The fourth-order valence-electron chi connectivity index (χ4n) is 2.89. The van der Waals surface area contributed by atoms with Gasteiger partial charge in [0.2, 0.25) is 0 Å². The number of carboxylic acids is 1. The number of hydrogen-bond acceptors (Lipinski definition) is 5. The lowest BCUT2D eigenvalue weighted by atomic mass is 10.0. The standard InChI is InChI=1S/C19H16Cl2N2O4/c1-9-16(10(2)27-23-9)11-7-12(20)18(13(21)8-11)22-14-5-4-6-15(26-3)17(14)19(24)25/h4-8,22H,1-3H3,(H,24,25). The molecule has 0 aliphatic rings. The highest BCUT2D eigenvalue weighted by atomic mass is 35.5. The van der Waals surface area contributed by atoms with E-state index in [1.54, 1.807) is 37.3 Å². The van der Waals surface area contributed by atoms with Gasteiger partial charge < -0.3 is 19.7 Å². The molecule has 0 aliphatic carbocycles. The van der Waals surface area contributed by atoms with Crippen molar-refractivity contribution in [3.63, 3.8) is 0 Å². The number of anilines is 2. The van der Waals surface area contributed by atoms with Crippen molar-refractivity contribution in [2.24, 2.45) is 0 Å². The molecule has 0 saturated carbocycles. The van der Waals surface area contributed by atoms with Gasteiger partial charge in [0.1, 0.15) is 17.1 Å². The molecular formula is C19H16Cl2N2O4. The summed E-state index contributed by atoms with van der Waals surface area (Å²) in [6.07, 6.45) is 0. The number of hydrogen-bond donors (Lipinski definition) is 2. The zero-order chi connectivity index (χ0) is 19.7. The van der Waals surface area contributed by atoms with Crippen LogP contribution >= 0.6 is 23.2 Å². The van der Waals surface area contributed by atoms with Crippen molar-refractivity contribution in [1.82, 2.24) is 5.16 Å². The van der Waals surface area contributed by atoms with Crippen molar-refractivity contribution in [2.45, 2.75) is 13.8 Å². The topological polar surface area (TPSA) is 84.6 Å². The maximum Gasteiger partial charge on any atom is 0.341 e. The Morgan fingerprint density at radius 2 is 1.89 bits per heavy atom. The first-order valence-electron chi connectivity index (χ1n) is 7.93. The van der Waals surface area contributed by atoms with E-state index in [0.717, 1.165) is 16.8 Å². The summed E-state index contributed by atoms with van der Waals surface area (Å²) in [7, 11) is 1.41. The highest BCUT2D eigenvalue weighted by Crippen LogP contribution is 2.40. The minimum atomic E-state index is -1.13. The molecule has 0 bridgehead atoms. The Morgan fingerprint density at radius 3 is 2.41 bits per heavy atom. The van der Waals surface area contributed by atoms with Gasteiger partial charge in [-0.2, -0.15) is 0 Å². The molecule has 0 spiro atoms. The zero-order valence-corrected chi connectivity index (χ0v) is 16.3. The molecule has 8 heteroatoms. The summed E-state index contributed by atoms with van der Waals surface area (Å²) in [5.74, 6) is -0.247. The van der Waals surface area contributed by atoms with E-state index in [1.807, 2.05) is 6.92 Å². The third kappa shape index (κ3) is 3.59. The Balaban J connectivity index is 2.07. The molecular weight excluding hydrogens is 391 g/mol. The van der Waals surface area contributed by atoms with Gasteiger partial charge in [0.25, 0.3) is 0 Å². The van der Waals surface area contributed by atoms with Gasteiger partial charge in [0.15, 0.2) is 0 Å². The number of benzene rings is 2. The van der Waals surface area contributed by atoms with E-state index in [4.69, 9.17) is 32.5 Å². The van der Waals surface area contributed by atoms with Crippen molar-refractivity contribution in [2.75, 3.05) is 12.4 Å². The Bertz CT molecular complexity index is 988. The number of halogens is 2. The maximum absolute atomic E-state index is 11.6. The summed E-state index contributed by atoms with van der Waals surface area (Å²) in [6, 6.07) is 8.30. The molecule has 0 radical (unpaired) electrons. The number of carbonyl (C=O) groups is 1. The lowest BCUT2D eigenvalue weighted by molar-refractivity contribution is 0.0694. The van der Waals surface area contributed by atoms with Crippen LogP contribution in [-0.4, -0.2) is 23.3 Å². The molecule has 0 atom stereocenters. The number of aryl methyl sites for hydroxylation is 2. The van der Waals surface area contributed by atoms with Gasteiger partial charge in [-0.05, 0) is 43.7 Å². The number of rotatable bonds is 5. The lowest BCUT2D eigenvalue weighted by Gasteiger charge is -2.16. The van der Waals surface area contributed by atoms with Crippen LogP contribution in [0.25, 0.3) is 11.1 Å². The summed E-state index contributed by atoms with van der Waals surface area (Å²) >= 11 is 12.9. The molecule has 27 heavy (non-hydrogen) atoms. The Morgan fingerprint density at radius 1 is 1.22 bits per heavy atom. The van der Waals surface area contributed by atoms with E-state index in [1.165, 1.54) is 7.11 Å². The first-order chi connectivity index (χ1) is 12.8. The van der Waals surface area contributed by atoms with Gasteiger partial charge in [0, 0.05) is 5.56 Å². The van der Waals surface area contributed by atoms with Crippen LogP contribution < -0.4 is 10.1 Å². The highest BCUT2D eigenvalue weighted by molar-refractivity contribution is 6.39. The van der Waals surface area contributed by atoms with E-state index in [0.29, 0.717) is 27.2 Å². The fourth-order valence-corrected chi connectivity index (χ4v) is 3.47. The van der Waals surface area contributed by atoms with Crippen molar-refractivity contribution in [1.29, 1.82) is 0 Å². The van der Waals surface area contributed by atoms with Crippen LogP contribution in [0.2, 0.25) is 10.0 Å². The first-order valence-corrected chi connectivity index (χ1v) is 8.68. The zero-order valence-electron chi connectivity index (χ0n) is 14.8. The maximum atomic E-state index is 11.6. The minimum Gasteiger partial charge on any atom is -0.496 e. The van der Waals surface area contributed by atoms with Crippen LogP contribution in [0.4, 0.5) is 11.4 Å². The quantitative estimate of drug-likeness (QED) is 0.563. The van der Waals surface area contributed by atoms with Crippen LogP contribution in [0, 0.1) is 13.8 Å². The monoisotopic (exact) mass is 406 g/mol. The average molecular weight is 407 g/mol. The molecule has 0 unspecified atom stereocenters. The third-order valence-electron chi connectivity index (χ3n) is 4.08. The number of nitrogens with zero attached hydrogens (tertiary/aromatic N) is 1. The predicted molar refractivity (Wildman–Crippen MR) is 105 cm³/mol. The predicted octanol–water partition coefficient (Wildman–Crippen LogP) is 5.72. The molecule has 3 aromatic rings. The van der Waals surface area contributed by atoms with Crippen molar-refractivity contribution in [3.8, 4) is 16.9 Å². The molecule has 1 heterocycles. The smallest absolute Gasteiger partial charge is 0.341 e. The molecule has 0 saturated heterocycles. The number of carboxylic acid groups (broad SMARTS) is 1. The molecule has 2 aromatic carbocycles. The van der Waals surface area contributed by atoms with Crippen molar-refractivity contribution < 1.29 is 19.2 Å². The minimum absolute atomic E-state index is 0.0121. The van der Waals surface area contributed by atoms with E-state index < -0.39 is 5.97 Å². The molecule has 1 aromatic heterocycles. The Hall–Kier alpha value is -2.70. The van der Waals surface area contributed by atoms with Gasteiger partial charge in [-0.25, -0.2) is 4.79 Å².